The van der Waals surface area contributed by atoms with Crippen molar-refractivity contribution in [3.63, 3.8) is 0 Å². The summed E-state index contributed by atoms with van der Waals surface area (Å²) in [7, 11) is 2.13. The van der Waals surface area contributed by atoms with E-state index < -0.39 is 0 Å². The maximum atomic E-state index is 10.9. The number of likely N-dealkylation sites (N-methyl/N-ethyl adjacent to an activating group) is 1. The predicted octanol–water partition coefficient (Wildman–Crippen LogP) is 2.49. The lowest BCUT2D eigenvalue weighted by molar-refractivity contribution is -0.385. The molecule has 6 heteroatoms. The second-order valence-corrected chi connectivity index (χ2v) is 5.96. The van der Waals surface area contributed by atoms with E-state index in [1.807, 2.05) is 6.07 Å². The highest BCUT2D eigenvalue weighted by molar-refractivity contribution is 9.10. The van der Waals surface area contributed by atoms with Gasteiger partial charge in [0, 0.05) is 38.3 Å². The van der Waals surface area contributed by atoms with E-state index in [4.69, 9.17) is 0 Å². The second kappa shape index (κ2) is 5.98. The summed E-state index contributed by atoms with van der Waals surface area (Å²) >= 11 is 3.21. The fourth-order valence-corrected chi connectivity index (χ4v) is 2.71. The van der Waals surface area contributed by atoms with Gasteiger partial charge >= 0.3 is 0 Å². The fraction of sp³-hybridized carbons (Fsp3) is 0.538. The number of hydrogen-bond donors (Lipinski definition) is 0. The van der Waals surface area contributed by atoms with Crippen molar-refractivity contribution in [2.24, 2.45) is 0 Å². The van der Waals surface area contributed by atoms with Gasteiger partial charge in [0.2, 0.25) is 0 Å². The van der Waals surface area contributed by atoms with Crippen LogP contribution in [0.1, 0.15) is 12.5 Å². The highest BCUT2D eigenvalue weighted by Gasteiger charge is 2.21. The Morgan fingerprint density at radius 2 is 2.21 bits per heavy atom. The van der Waals surface area contributed by atoms with Crippen molar-refractivity contribution in [3.05, 3.63) is 38.3 Å². The second-order valence-electron chi connectivity index (χ2n) is 5.11. The van der Waals surface area contributed by atoms with Gasteiger partial charge in [0.25, 0.3) is 5.69 Å². The summed E-state index contributed by atoms with van der Waals surface area (Å²) in [5, 5.41) is 10.9. The molecular weight excluding hydrogens is 310 g/mol. The van der Waals surface area contributed by atoms with Gasteiger partial charge in [-0.2, -0.15) is 0 Å². The molecule has 19 heavy (non-hydrogen) atoms. The maximum Gasteiger partial charge on any atom is 0.283 e. The van der Waals surface area contributed by atoms with Crippen molar-refractivity contribution in [2.75, 3.05) is 26.7 Å². The number of benzene rings is 1. The Morgan fingerprint density at radius 3 is 2.84 bits per heavy atom. The summed E-state index contributed by atoms with van der Waals surface area (Å²) in [6.07, 6.45) is 0. The van der Waals surface area contributed by atoms with Crippen molar-refractivity contribution in [3.8, 4) is 0 Å². The van der Waals surface area contributed by atoms with Crippen LogP contribution in [0.4, 0.5) is 5.69 Å². The van der Waals surface area contributed by atoms with Gasteiger partial charge in [-0.15, -0.1) is 0 Å². The van der Waals surface area contributed by atoms with Gasteiger partial charge in [-0.25, -0.2) is 0 Å². The summed E-state index contributed by atoms with van der Waals surface area (Å²) in [6.45, 7) is 6.02. The average Bonchev–Trinajstić information content (AvgIpc) is 2.36. The average molecular weight is 328 g/mol. The van der Waals surface area contributed by atoms with Crippen LogP contribution in [0, 0.1) is 10.1 Å². The number of nitro benzene ring substituents is 1. The molecule has 1 aliphatic heterocycles. The quantitative estimate of drug-likeness (QED) is 0.632. The van der Waals surface area contributed by atoms with Gasteiger partial charge < -0.3 is 4.90 Å². The first-order chi connectivity index (χ1) is 8.97. The Hall–Kier alpha value is -0.980. The van der Waals surface area contributed by atoms with E-state index in [0.717, 1.165) is 31.7 Å². The van der Waals surface area contributed by atoms with Crippen LogP contribution < -0.4 is 0 Å². The molecule has 2 rings (SSSR count). The van der Waals surface area contributed by atoms with E-state index >= 15 is 0 Å². The molecule has 0 spiro atoms. The first-order valence-corrected chi connectivity index (χ1v) is 7.12. The van der Waals surface area contributed by atoms with Gasteiger partial charge in [0.15, 0.2) is 0 Å². The Bertz CT molecular complexity index is 481. The van der Waals surface area contributed by atoms with E-state index in [1.54, 1.807) is 12.1 Å². The summed E-state index contributed by atoms with van der Waals surface area (Å²) < 4.78 is 0.535. The number of piperazine rings is 1. The number of nitrogens with zero attached hydrogens (tertiary/aromatic N) is 3. The largest absolute Gasteiger partial charge is 0.301 e. The van der Waals surface area contributed by atoms with E-state index in [1.165, 1.54) is 0 Å². The smallest absolute Gasteiger partial charge is 0.283 e. The van der Waals surface area contributed by atoms with Crippen molar-refractivity contribution < 1.29 is 4.92 Å². The van der Waals surface area contributed by atoms with E-state index in [-0.39, 0.29) is 10.6 Å². The molecule has 1 unspecified atom stereocenters. The molecule has 0 aliphatic carbocycles. The Balaban J connectivity index is 2.07. The van der Waals surface area contributed by atoms with Crippen LogP contribution in [0.25, 0.3) is 0 Å². The summed E-state index contributed by atoms with van der Waals surface area (Å²) in [6, 6.07) is 5.89. The monoisotopic (exact) mass is 327 g/mol. The maximum absolute atomic E-state index is 10.9. The molecule has 0 saturated carbocycles. The standard InChI is InChI=1S/C13H18BrN3O2/c1-10-8-16(6-5-15(10)2)9-11-3-4-12(14)13(7-11)17(18)19/h3-4,7,10H,5-6,8-9H2,1-2H3. The van der Waals surface area contributed by atoms with Crippen molar-refractivity contribution >= 4 is 21.6 Å². The lowest BCUT2D eigenvalue weighted by Crippen LogP contribution is -2.49. The zero-order valence-corrected chi connectivity index (χ0v) is 12.8. The molecule has 1 heterocycles. The third-order valence-electron chi connectivity index (χ3n) is 3.66. The summed E-state index contributed by atoms with van der Waals surface area (Å²) in [5.41, 5.74) is 1.13. The molecule has 104 valence electrons. The highest BCUT2D eigenvalue weighted by atomic mass is 79.9. The summed E-state index contributed by atoms with van der Waals surface area (Å²) in [4.78, 5) is 15.2. The minimum absolute atomic E-state index is 0.139. The molecule has 1 aliphatic rings. The Morgan fingerprint density at radius 1 is 1.47 bits per heavy atom. The molecule has 5 nitrogen and oxygen atoms in total. The Labute approximate surface area is 121 Å². The first-order valence-electron chi connectivity index (χ1n) is 6.33. The Kier molecular flexibility index (Phi) is 4.54. The van der Waals surface area contributed by atoms with Crippen LogP contribution in [0.5, 0.6) is 0 Å². The van der Waals surface area contributed by atoms with Crippen molar-refractivity contribution in [1.82, 2.24) is 9.80 Å². The number of hydrogen-bond acceptors (Lipinski definition) is 4. The van der Waals surface area contributed by atoms with Gasteiger partial charge in [0.05, 0.1) is 9.40 Å². The van der Waals surface area contributed by atoms with Crippen LogP contribution in [-0.4, -0.2) is 47.4 Å². The van der Waals surface area contributed by atoms with Gasteiger partial charge in [-0.05, 0) is 41.5 Å². The van der Waals surface area contributed by atoms with Crippen molar-refractivity contribution in [2.45, 2.75) is 19.5 Å². The minimum Gasteiger partial charge on any atom is -0.301 e. The zero-order valence-electron chi connectivity index (χ0n) is 11.2. The first kappa shape index (κ1) is 14.4. The van der Waals surface area contributed by atoms with E-state index in [9.17, 15) is 10.1 Å². The molecule has 0 radical (unpaired) electrons. The topological polar surface area (TPSA) is 49.6 Å². The van der Waals surface area contributed by atoms with Crippen LogP contribution in [0.2, 0.25) is 0 Å². The zero-order chi connectivity index (χ0) is 14.0. The molecule has 1 aromatic carbocycles. The molecule has 1 aromatic rings. The lowest BCUT2D eigenvalue weighted by atomic mass is 10.1. The van der Waals surface area contributed by atoms with Crippen LogP contribution >= 0.6 is 15.9 Å². The molecule has 1 fully saturated rings. The molecule has 0 aromatic heterocycles. The normalized spacial score (nSPS) is 21.5. The number of halogens is 1. The van der Waals surface area contributed by atoms with E-state index in [0.29, 0.717) is 10.5 Å². The third kappa shape index (κ3) is 3.52. The van der Waals surface area contributed by atoms with Crippen LogP contribution in [0.3, 0.4) is 0 Å². The molecular formula is C13H18BrN3O2. The summed E-state index contributed by atoms with van der Waals surface area (Å²) in [5.74, 6) is 0. The third-order valence-corrected chi connectivity index (χ3v) is 4.33. The van der Waals surface area contributed by atoms with Gasteiger partial charge in [-0.3, -0.25) is 15.0 Å². The number of rotatable bonds is 3. The van der Waals surface area contributed by atoms with Gasteiger partial charge in [-0.1, -0.05) is 6.07 Å². The molecule has 0 N–H and O–H groups in total. The molecule has 1 atom stereocenters. The van der Waals surface area contributed by atoms with Gasteiger partial charge in [0.1, 0.15) is 0 Å². The van der Waals surface area contributed by atoms with Crippen LogP contribution in [0.15, 0.2) is 22.7 Å². The predicted molar refractivity (Wildman–Crippen MR) is 78.2 cm³/mol. The molecule has 1 saturated heterocycles. The lowest BCUT2D eigenvalue weighted by Gasteiger charge is -2.37. The SMILES string of the molecule is CC1CN(Cc2ccc(Br)c([N+](=O)[O-])c2)CCN1C. The minimum atomic E-state index is -0.347. The highest BCUT2D eigenvalue weighted by Crippen LogP contribution is 2.26. The van der Waals surface area contributed by atoms with E-state index in [2.05, 4.69) is 39.7 Å². The van der Waals surface area contributed by atoms with Crippen molar-refractivity contribution in [1.29, 1.82) is 0 Å². The fourth-order valence-electron chi connectivity index (χ4n) is 2.32. The number of nitro groups is 1. The molecule has 0 bridgehead atoms. The van der Waals surface area contributed by atoms with Crippen LogP contribution in [-0.2, 0) is 6.54 Å². The molecule has 0 amide bonds.